The van der Waals surface area contributed by atoms with E-state index in [2.05, 4.69) is 34.4 Å². The number of nitrogens with one attached hydrogen (secondary N) is 2. The summed E-state index contributed by atoms with van der Waals surface area (Å²) in [7, 11) is 3.41. The number of benzene rings is 2. The number of methoxy groups -OCH3 is 1. The molecule has 0 aliphatic heterocycles. The molecule has 2 aromatic rings. The van der Waals surface area contributed by atoms with E-state index >= 15 is 0 Å². The van der Waals surface area contributed by atoms with Crippen LogP contribution in [0.15, 0.2) is 53.5 Å². The number of halogens is 1. The Morgan fingerprint density at radius 3 is 2.34 bits per heavy atom. The molecule has 0 saturated heterocycles. The van der Waals surface area contributed by atoms with Gasteiger partial charge >= 0.3 is 0 Å². The van der Waals surface area contributed by atoms with Gasteiger partial charge in [0.15, 0.2) is 17.5 Å². The Balaban J connectivity index is 0.00000512. The molecule has 178 valence electrons. The minimum absolute atomic E-state index is 0. The summed E-state index contributed by atoms with van der Waals surface area (Å²) in [5, 5.41) is 6.56. The monoisotopic (exact) mass is 556 g/mol. The minimum atomic E-state index is 0. The zero-order chi connectivity index (χ0) is 22.3. The second-order valence-electron chi connectivity index (χ2n) is 6.87. The topological polar surface area (TPSA) is 67.4 Å². The van der Waals surface area contributed by atoms with Crippen molar-refractivity contribution in [3.05, 3.63) is 54.1 Å². The molecule has 0 unspecified atom stereocenters. The van der Waals surface area contributed by atoms with Crippen LogP contribution in [0.2, 0.25) is 0 Å². The van der Waals surface area contributed by atoms with Crippen LogP contribution in [0.3, 0.4) is 0 Å². The van der Waals surface area contributed by atoms with Crippen LogP contribution < -0.4 is 24.8 Å². The summed E-state index contributed by atoms with van der Waals surface area (Å²) in [4.78, 5) is 6.59. The van der Waals surface area contributed by atoms with Gasteiger partial charge in [0.1, 0.15) is 19.0 Å². The molecule has 0 aliphatic rings. The standard InChI is InChI=1S/C24H36N4O3.HI/c1-5-28(6-2)15-17-31-22-13-12-20(18-23(22)29-4)19-27-24(25-3)26-14-16-30-21-10-8-7-9-11-21;/h7-13,18H,5-6,14-17,19H2,1-4H3,(H2,25,26,27);1H. The van der Waals surface area contributed by atoms with Crippen LogP contribution in [0.5, 0.6) is 17.2 Å². The summed E-state index contributed by atoms with van der Waals surface area (Å²) in [6.07, 6.45) is 0. The van der Waals surface area contributed by atoms with Crippen LogP contribution in [0.25, 0.3) is 0 Å². The SMILES string of the molecule is CCN(CC)CCOc1ccc(CNC(=NC)NCCOc2ccccc2)cc1OC.I. The zero-order valence-corrected chi connectivity index (χ0v) is 21.9. The van der Waals surface area contributed by atoms with Crippen LogP contribution >= 0.6 is 24.0 Å². The van der Waals surface area contributed by atoms with E-state index in [1.165, 1.54) is 0 Å². The molecule has 0 radical (unpaired) electrons. The molecular weight excluding hydrogens is 519 g/mol. The molecule has 0 saturated carbocycles. The molecule has 2 rings (SSSR count). The number of likely N-dealkylation sites (N-methyl/N-ethyl adjacent to an activating group) is 1. The Morgan fingerprint density at radius 1 is 0.938 bits per heavy atom. The molecule has 0 bridgehead atoms. The molecule has 8 heteroatoms. The molecule has 0 atom stereocenters. The highest BCUT2D eigenvalue weighted by molar-refractivity contribution is 14.0. The molecular formula is C24H37IN4O3. The normalized spacial score (nSPS) is 11.0. The fourth-order valence-electron chi connectivity index (χ4n) is 3.03. The van der Waals surface area contributed by atoms with E-state index in [9.17, 15) is 0 Å². The van der Waals surface area contributed by atoms with Gasteiger partial charge in [-0.1, -0.05) is 38.1 Å². The number of guanidine groups is 1. The van der Waals surface area contributed by atoms with Gasteiger partial charge in [-0.15, -0.1) is 24.0 Å². The van der Waals surface area contributed by atoms with Crippen molar-refractivity contribution < 1.29 is 14.2 Å². The molecule has 0 spiro atoms. The molecule has 32 heavy (non-hydrogen) atoms. The van der Waals surface area contributed by atoms with Gasteiger partial charge in [0, 0.05) is 20.1 Å². The lowest BCUT2D eigenvalue weighted by Gasteiger charge is -2.19. The second kappa shape index (κ2) is 16.4. The second-order valence-corrected chi connectivity index (χ2v) is 6.87. The highest BCUT2D eigenvalue weighted by Crippen LogP contribution is 2.28. The number of aliphatic imine (C=N–C) groups is 1. The fourth-order valence-corrected chi connectivity index (χ4v) is 3.03. The summed E-state index contributed by atoms with van der Waals surface area (Å²) in [6, 6.07) is 15.8. The Labute approximate surface area is 209 Å². The van der Waals surface area contributed by atoms with Crippen LogP contribution in [-0.4, -0.2) is 64.4 Å². The molecule has 0 aliphatic carbocycles. The van der Waals surface area contributed by atoms with Gasteiger partial charge in [-0.25, -0.2) is 0 Å². The first-order valence-corrected chi connectivity index (χ1v) is 10.8. The van der Waals surface area contributed by atoms with Crippen LogP contribution in [0.4, 0.5) is 0 Å². The van der Waals surface area contributed by atoms with Crippen molar-refractivity contribution in [1.82, 2.24) is 15.5 Å². The fraction of sp³-hybridized carbons (Fsp3) is 0.458. The van der Waals surface area contributed by atoms with Crippen molar-refractivity contribution in [2.75, 3.05) is 53.6 Å². The maximum Gasteiger partial charge on any atom is 0.191 e. The number of hydrogen-bond donors (Lipinski definition) is 2. The Kier molecular flexibility index (Phi) is 14.3. The van der Waals surface area contributed by atoms with Crippen molar-refractivity contribution in [2.24, 2.45) is 4.99 Å². The van der Waals surface area contributed by atoms with E-state index in [0.29, 0.717) is 26.3 Å². The van der Waals surface area contributed by atoms with E-state index in [-0.39, 0.29) is 24.0 Å². The van der Waals surface area contributed by atoms with E-state index < -0.39 is 0 Å². The molecule has 7 nitrogen and oxygen atoms in total. The average Bonchev–Trinajstić information content (AvgIpc) is 2.82. The molecule has 2 aromatic carbocycles. The van der Waals surface area contributed by atoms with Crippen molar-refractivity contribution >= 4 is 29.9 Å². The summed E-state index contributed by atoms with van der Waals surface area (Å²) in [5.74, 6) is 3.07. The predicted octanol–water partition coefficient (Wildman–Crippen LogP) is 3.78. The van der Waals surface area contributed by atoms with Gasteiger partial charge in [-0.2, -0.15) is 0 Å². The summed E-state index contributed by atoms with van der Waals surface area (Å²) < 4.78 is 17.1. The van der Waals surface area contributed by atoms with E-state index in [4.69, 9.17) is 14.2 Å². The van der Waals surface area contributed by atoms with Gasteiger partial charge in [-0.3, -0.25) is 4.99 Å². The van der Waals surface area contributed by atoms with Crippen molar-refractivity contribution in [3.8, 4) is 17.2 Å². The lowest BCUT2D eigenvalue weighted by atomic mass is 10.2. The molecule has 0 fully saturated rings. The third kappa shape index (κ3) is 9.95. The van der Waals surface area contributed by atoms with E-state index in [1.807, 2.05) is 48.5 Å². The number of hydrogen-bond acceptors (Lipinski definition) is 5. The third-order valence-electron chi connectivity index (χ3n) is 4.88. The van der Waals surface area contributed by atoms with Crippen LogP contribution in [0.1, 0.15) is 19.4 Å². The number of nitrogens with zero attached hydrogens (tertiary/aromatic N) is 2. The first-order valence-electron chi connectivity index (χ1n) is 10.8. The van der Waals surface area contributed by atoms with Crippen LogP contribution in [0, 0.1) is 0 Å². The Bertz CT molecular complexity index is 786. The van der Waals surface area contributed by atoms with Gasteiger partial charge in [0.2, 0.25) is 0 Å². The zero-order valence-electron chi connectivity index (χ0n) is 19.6. The molecule has 0 heterocycles. The molecule has 2 N–H and O–H groups in total. The molecule has 0 aromatic heterocycles. The van der Waals surface area contributed by atoms with Crippen molar-refractivity contribution in [1.29, 1.82) is 0 Å². The highest BCUT2D eigenvalue weighted by Gasteiger charge is 2.08. The first-order chi connectivity index (χ1) is 15.2. The maximum atomic E-state index is 5.93. The number of ether oxygens (including phenoxy) is 3. The Morgan fingerprint density at radius 2 is 1.69 bits per heavy atom. The lowest BCUT2D eigenvalue weighted by molar-refractivity contribution is 0.217. The van der Waals surface area contributed by atoms with Crippen molar-refractivity contribution in [2.45, 2.75) is 20.4 Å². The highest BCUT2D eigenvalue weighted by atomic mass is 127. The molecule has 0 amide bonds. The van der Waals surface area contributed by atoms with Crippen LogP contribution in [-0.2, 0) is 6.54 Å². The Hall–Kier alpha value is -2.20. The quantitative estimate of drug-likeness (QED) is 0.170. The summed E-state index contributed by atoms with van der Waals surface area (Å²) in [5.41, 5.74) is 1.08. The van der Waals surface area contributed by atoms with Gasteiger partial charge in [-0.05, 0) is 42.9 Å². The maximum absolute atomic E-state index is 5.93. The number of rotatable bonds is 13. The largest absolute Gasteiger partial charge is 0.493 e. The van der Waals surface area contributed by atoms with E-state index in [1.54, 1.807) is 14.2 Å². The third-order valence-corrected chi connectivity index (χ3v) is 4.88. The first kappa shape index (κ1) is 27.8. The minimum Gasteiger partial charge on any atom is -0.493 e. The average molecular weight is 556 g/mol. The van der Waals surface area contributed by atoms with Gasteiger partial charge in [0.05, 0.1) is 13.7 Å². The number of para-hydroxylation sites is 1. The van der Waals surface area contributed by atoms with E-state index in [0.717, 1.165) is 48.4 Å². The predicted molar refractivity (Wildman–Crippen MR) is 142 cm³/mol. The van der Waals surface area contributed by atoms with Gasteiger partial charge < -0.3 is 29.7 Å². The smallest absolute Gasteiger partial charge is 0.191 e. The summed E-state index contributed by atoms with van der Waals surface area (Å²) >= 11 is 0. The lowest BCUT2D eigenvalue weighted by Crippen LogP contribution is -2.38. The van der Waals surface area contributed by atoms with Gasteiger partial charge in [0.25, 0.3) is 0 Å². The summed E-state index contributed by atoms with van der Waals surface area (Å²) in [6.45, 7) is 9.72. The van der Waals surface area contributed by atoms with Crippen molar-refractivity contribution in [3.63, 3.8) is 0 Å².